The van der Waals surface area contributed by atoms with Crippen molar-refractivity contribution in [3.05, 3.63) is 29.3 Å². The Hall–Kier alpha value is -2.07. The Morgan fingerprint density at radius 2 is 2.16 bits per heavy atom. The molecule has 25 heavy (non-hydrogen) atoms. The molecule has 1 heterocycles. The van der Waals surface area contributed by atoms with Gasteiger partial charge in [-0.05, 0) is 18.1 Å². The molecule has 0 aliphatic carbocycles. The highest BCUT2D eigenvalue weighted by atomic mass is 32.2. The fourth-order valence-electron chi connectivity index (χ4n) is 2.38. The molecule has 1 aromatic carbocycles. The first-order chi connectivity index (χ1) is 11.7. The summed E-state index contributed by atoms with van der Waals surface area (Å²) < 4.78 is 32.6. The molecule has 136 valence electrons. The van der Waals surface area contributed by atoms with Crippen molar-refractivity contribution in [1.82, 2.24) is 5.32 Å². The monoisotopic (exact) mass is 369 g/mol. The first-order valence-electron chi connectivity index (χ1n) is 7.82. The molecule has 0 spiro atoms. The van der Waals surface area contributed by atoms with Gasteiger partial charge in [0.05, 0.1) is 11.7 Å². The first-order valence-corrected chi connectivity index (χ1v) is 9.88. The average Bonchev–Trinajstić information content (AvgIpc) is 2.53. The van der Waals surface area contributed by atoms with Crippen LogP contribution in [-0.2, 0) is 25.8 Å². The second-order valence-electron chi connectivity index (χ2n) is 5.80. The van der Waals surface area contributed by atoms with Crippen molar-refractivity contribution >= 4 is 28.8 Å². The number of carbonyl (C=O) groups excluding carboxylic acids is 2. The third kappa shape index (κ3) is 5.20. The number of carbonyl (C=O) groups is 2. The van der Waals surface area contributed by atoms with Crippen LogP contribution in [0.4, 0.5) is 0 Å². The highest BCUT2D eigenvalue weighted by molar-refractivity contribution is 7.90. The van der Waals surface area contributed by atoms with Gasteiger partial charge in [-0.1, -0.05) is 19.1 Å². The summed E-state index contributed by atoms with van der Waals surface area (Å²) in [7, 11) is -4.54. The minimum absolute atomic E-state index is 0.102. The fraction of sp³-hybridized carbons (Fsp3) is 0.467. The minimum atomic E-state index is -3.24. The summed E-state index contributed by atoms with van der Waals surface area (Å²) in [6.07, 6.45) is 1.63. The zero-order valence-corrected chi connectivity index (χ0v) is 14.8. The van der Waals surface area contributed by atoms with E-state index in [9.17, 15) is 23.0 Å². The molecule has 0 saturated carbocycles. The van der Waals surface area contributed by atoms with Gasteiger partial charge in [0.2, 0.25) is 5.91 Å². The molecule has 1 aliphatic heterocycles. The highest BCUT2D eigenvalue weighted by Crippen LogP contribution is 2.30. The molecule has 1 aliphatic rings. The minimum Gasteiger partial charge on any atom is -0.534 e. The van der Waals surface area contributed by atoms with Crippen LogP contribution < -0.4 is 9.97 Å². The van der Waals surface area contributed by atoms with Crippen LogP contribution in [0, 0.1) is 0 Å². The van der Waals surface area contributed by atoms with E-state index in [0.29, 0.717) is 12.0 Å². The largest absolute Gasteiger partial charge is 0.547 e. The molecule has 0 fully saturated rings. The quantitative estimate of drug-likeness (QED) is 0.524. The number of sulfone groups is 1. The number of hydrogen-bond donors (Lipinski definition) is 2. The number of fused-ring (bicyclic) bond motifs is 1. The van der Waals surface area contributed by atoms with Crippen LogP contribution in [0.25, 0.3) is 0 Å². The van der Waals surface area contributed by atoms with Crippen LogP contribution >= 0.6 is 0 Å². The lowest BCUT2D eigenvalue weighted by atomic mass is 9.72. The maximum Gasteiger partial charge on any atom is 0.547 e. The van der Waals surface area contributed by atoms with E-state index in [4.69, 9.17) is 9.39 Å². The number of para-hydroxylation sites is 1. The van der Waals surface area contributed by atoms with Crippen LogP contribution in [0.1, 0.15) is 29.3 Å². The molecule has 1 amide bonds. The molecular weight excluding hydrogens is 349 g/mol. The molecule has 0 radical (unpaired) electrons. The number of rotatable bonds is 6. The van der Waals surface area contributed by atoms with Gasteiger partial charge in [-0.25, -0.2) is 13.2 Å². The van der Waals surface area contributed by atoms with Gasteiger partial charge in [-0.15, -0.1) is 0 Å². The average molecular weight is 369 g/mol. The fourth-order valence-corrected chi connectivity index (χ4v) is 2.77. The summed E-state index contributed by atoms with van der Waals surface area (Å²) in [6.45, 7) is 1.43. The van der Waals surface area contributed by atoms with Gasteiger partial charge in [0.15, 0.2) is 9.84 Å². The topological polar surface area (TPSA) is 119 Å². The molecule has 1 atom stereocenters. The predicted molar refractivity (Wildman–Crippen MR) is 91.0 cm³/mol. The summed E-state index contributed by atoms with van der Waals surface area (Å²) in [6, 6.07) is 4.82. The Labute approximate surface area is 146 Å². The van der Waals surface area contributed by atoms with Gasteiger partial charge in [-0.2, -0.15) is 0 Å². The summed E-state index contributed by atoms with van der Waals surface area (Å²) >= 11 is 0. The second kappa shape index (κ2) is 7.88. The molecule has 1 aromatic rings. The number of ether oxygens (including phenoxy) is 1. The Balaban J connectivity index is 2.13. The number of benzene rings is 1. The molecule has 0 aromatic heterocycles. The Morgan fingerprint density at radius 3 is 2.80 bits per heavy atom. The van der Waals surface area contributed by atoms with Gasteiger partial charge < -0.3 is 19.7 Å². The second-order valence-corrected chi connectivity index (χ2v) is 8.06. The molecular formula is C15H20BNO7S. The van der Waals surface area contributed by atoms with Gasteiger partial charge in [0.1, 0.15) is 17.9 Å². The van der Waals surface area contributed by atoms with Gasteiger partial charge >= 0.3 is 13.1 Å². The van der Waals surface area contributed by atoms with E-state index in [1.165, 1.54) is 6.07 Å². The van der Waals surface area contributed by atoms with Crippen LogP contribution in [0.2, 0.25) is 0 Å². The van der Waals surface area contributed by atoms with Crippen LogP contribution in [0.15, 0.2) is 18.2 Å². The predicted octanol–water partition coefficient (Wildman–Crippen LogP) is -0.263. The zero-order valence-electron chi connectivity index (χ0n) is 14.0. The van der Waals surface area contributed by atoms with Crippen molar-refractivity contribution < 1.29 is 32.4 Å². The number of nitrogens with one attached hydrogen (secondary N) is 1. The molecule has 2 rings (SSSR count). The Kier molecular flexibility index (Phi) is 6.07. The number of amides is 1. The van der Waals surface area contributed by atoms with Crippen molar-refractivity contribution in [1.29, 1.82) is 0 Å². The van der Waals surface area contributed by atoms with Crippen molar-refractivity contribution in [3.8, 4) is 5.75 Å². The maximum atomic E-state index is 12.2. The molecule has 1 unspecified atom stereocenters. The maximum absolute atomic E-state index is 12.2. The summed E-state index contributed by atoms with van der Waals surface area (Å²) in [5.74, 6) is -1.66. The first kappa shape index (κ1) is 19.3. The molecule has 2 N–H and O–H groups in total. The molecule has 8 nitrogen and oxygen atoms in total. The van der Waals surface area contributed by atoms with Crippen molar-refractivity contribution in [2.24, 2.45) is 0 Å². The van der Waals surface area contributed by atoms with E-state index in [2.05, 4.69) is 5.32 Å². The standard InChI is InChI=1S/C15H20BNO7S/c1-3-13(18)17-12-9-10-5-4-6-11(14(10)24-16(12)20)15(19)23-7-8-25(2,21)22/h4-6,12,20H,3,7-9H2,1-2H3,(H,17,18). The third-order valence-electron chi connectivity index (χ3n) is 3.69. The lowest BCUT2D eigenvalue weighted by Gasteiger charge is -2.29. The smallest absolute Gasteiger partial charge is 0.534 e. The van der Waals surface area contributed by atoms with Crippen LogP contribution in [0.5, 0.6) is 5.75 Å². The van der Waals surface area contributed by atoms with Crippen LogP contribution in [0.3, 0.4) is 0 Å². The van der Waals surface area contributed by atoms with E-state index in [1.54, 1.807) is 19.1 Å². The van der Waals surface area contributed by atoms with Gasteiger partial charge in [-0.3, -0.25) is 4.79 Å². The van der Waals surface area contributed by atoms with Gasteiger partial charge in [0.25, 0.3) is 0 Å². The van der Waals surface area contributed by atoms with E-state index in [1.807, 2.05) is 0 Å². The molecule has 10 heteroatoms. The summed E-state index contributed by atoms with van der Waals surface area (Å²) in [4.78, 5) is 23.7. The van der Waals surface area contributed by atoms with Crippen LogP contribution in [-0.4, -0.2) is 57.0 Å². The van der Waals surface area contributed by atoms with Gasteiger partial charge in [0, 0.05) is 12.7 Å². The summed E-state index contributed by atoms with van der Waals surface area (Å²) in [5, 5.41) is 12.7. The third-order valence-corrected chi connectivity index (χ3v) is 4.60. The van der Waals surface area contributed by atoms with E-state index in [0.717, 1.165) is 6.26 Å². The van der Waals surface area contributed by atoms with E-state index < -0.39 is 28.9 Å². The Morgan fingerprint density at radius 1 is 1.44 bits per heavy atom. The zero-order chi connectivity index (χ0) is 18.6. The van der Waals surface area contributed by atoms with E-state index in [-0.39, 0.29) is 36.0 Å². The molecule has 0 saturated heterocycles. The lowest BCUT2D eigenvalue weighted by Crippen LogP contribution is -2.53. The van der Waals surface area contributed by atoms with Crippen molar-refractivity contribution in [3.63, 3.8) is 0 Å². The summed E-state index contributed by atoms with van der Waals surface area (Å²) in [5.41, 5.74) is 0.745. The SMILES string of the molecule is CCC(=O)NC1Cc2cccc(C(=O)OCCS(C)(=O)=O)c2OB1O. The highest BCUT2D eigenvalue weighted by Gasteiger charge is 2.37. The van der Waals surface area contributed by atoms with Crippen molar-refractivity contribution in [2.45, 2.75) is 25.7 Å². The Bertz CT molecular complexity index is 765. The number of hydrogen-bond acceptors (Lipinski definition) is 7. The van der Waals surface area contributed by atoms with E-state index >= 15 is 0 Å². The van der Waals surface area contributed by atoms with Crippen molar-refractivity contribution in [2.75, 3.05) is 18.6 Å². The normalized spacial score (nSPS) is 16.6. The number of esters is 1. The lowest BCUT2D eigenvalue weighted by molar-refractivity contribution is -0.121. The molecule has 0 bridgehead atoms.